The minimum Gasteiger partial charge on any atom is -0.457 e. The summed E-state index contributed by atoms with van der Waals surface area (Å²) in [7, 11) is -4.28. The molecule has 0 aromatic carbocycles. The zero-order chi connectivity index (χ0) is 40.9. The number of hydrogen-bond acceptors (Lipinski definition) is 7. The molecular formula is C47H84NO7P. The van der Waals surface area contributed by atoms with Crippen LogP contribution >= 0.6 is 7.82 Å². The molecule has 0 aromatic rings. The van der Waals surface area contributed by atoms with Crippen LogP contribution in [-0.2, 0) is 27.9 Å². The molecule has 0 fully saturated rings. The predicted molar refractivity (Wildman–Crippen MR) is 238 cm³/mol. The van der Waals surface area contributed by atoms with Crippen LogP contribution in [0.4, 0.5) is 0 Å². The highest BCUT2D eigenvalue weighted by molar-refractivity contribution is 7.47. The quantitative estimate of drug-likeness (QED) is 0.0271. The summed E-state index contributed by atoms with van der Waals surface area (Å²) >= 11 is 0. The van der Waals surface area contributed by atoms with Crippen molar-refractivity contribution in [2.75, 3.05) is 33.0 Å². The van der Waals surface area contributed by atoms with Gasteiger partial charge in [-0.1, -0.05) is 164 Å². The molecule has 0 aromatic heterocycles. The third kappa shape index (κ3) is 43.1. The van der Waals surface area contributed by atoms with Gasteiger partial charge < -0.3 is 20.1 Å². The van der Waals surface area contributed by atoms with Gasteiger partial charge in [0.1, 0.15) is 6.10 Å². The molecule has 0 radical (unpaired) electrons. The monoisotopic (exact) mass is 806 g/mol. The number of unbranched alkanes of at least 4 members (excludes halogenated alkanes) is 17. The summed E-state index contributed by atoms with van der Waals surface area (Å²) in [6.45, 7) is 4.75. The zero-order valence-electron chi connectivity index (χ0n) is 35.8. The Morgan fingerprint density at radius 2 is 1.00 bits per heavy atom. The summed E-state index contributed by atoms with van der Waals surface area (Å²) in [6, 6.07) is 0. The summed E-state index contributed by atoms with van der Waals surface area (Å²) in [6.07, 6.45) is 54.9. The molecule has 2 unspecified atom stereocenters. The van der Waals surface area contributed by atoms with Crippen LogP contribution < -0.4 is 5.73 Å². The first-order valence-electron chi connectivity index (χ1n) is 22.4. The molecule has 0 aliphatic carbocycles. The number of nitrogens with two attached hydrogens (primary N) is 1. The maximum absolute atomic E-state index is 12.6. The molecule has 324 valence electrons. The van der Waals surface area contributed by atoms with Crippen molar-refractivity contribution in [2.24, 2.45) is 5.73 Å². The molecule has 9 heteroatoms. The van der Waals surface area contributed by atoms with Crippen molar-refractivity contribution < 1.29 is 32.8 Å². The van der Waals surface area contributed by atoms with Gasteiger partial charge in [-0.25, -0.2) is 4.57 Å². The first-order valence-corrected chi connectivity index (χ1v) is 23.9. The Kier molecular flexibility index (Phi) is 42.4. The molecule has 0 spiro atoms. The number of ether oxygens (including phenoxy) is 2. The zero-order valence-corrected chi connectivity index (χ0v) is 36.7. The lowest BCUT2D eigenvalue weighted by atomic mass is 10.1. The molecule has 0 aliphatic rings. The minimum atomic E-state index is -4.28. The maximum atomic E-state index is 12.6. The lowest BCUT2D eigenvalue weighted by Gasteiger charge is -2.20. The van der Waals surface area contributed by atoms with Gasteiger partial charge in [0.15, 0.2) is 0 Å². The molecule has 56 heavy (non-hydrogen) atoms. The average molecular weight is 806 g/mol. The van der Waals surface area contributed by atoms with Gasteiger partial charge in [-0.2, -0.15) is 0 Å². The van der Waals surface area contributed by atoms with Gasteiger partial charge in [0.2, 0.25) is 0 Å². The number of carbonyl (C=O) groups excluding carboxylic acids is 1. The van der Waals surface area contributed by atoms with Crippen LogP contribution in [0.25, 0.3) is 0 Å². The summed E-state index contributed by atoms with van der Waals surface area (Å²) in [5.74, 6) is -0.346. The highest BCUT2D eigenvalue weighted by Gasteiger charge is 2.25. The van der Waals surface area contributed by atoms with Crippen molar-refractivity contribution in [2.45, 2.75) is 187 Å². The second kappa shape index (κ2) is 44.1. The fourth-order valence-corrected chi connectivity index (χ4v) is 6.61. The number of rotatable bonds is 42. The second-order valence-corrected chi connectivity index (χ2v) is 16.0. The van der Waals surface area contributed by atoms with E-state index in [0.29, 0.717) is 13.0 Å². The molecule has 0 saturated heterocycles. The molecular weight excluding hydrogens is 721 g/mol. The van der Waals surface area contributed by atoms with E-state index in [1.807, 2.05) is 0 Å². The van der Waals surface area contributed by atoms with Crippen LogP contribution in [0.2, 0.25) is 0 Å². The number of esters is 1. The molecule has 8 nitrogen and oxygen atoms in total. The van der Waals surface area contributed by atoms with E-state index in [4.69, 9.17) is 24.3 Å². The van der Waals surface area contributed by atoms with Crippen molar-refractivity contribution in [3.63, 3.8) is 0 Å². The van der Waals surface area contributed by atoms with E-state index in [2.05, 4.69) is 86.8 Å². The molecule has 0 rings (SSSR count). The lowest BCUT2D eigenvalue weighted by molar-refractivity contribution is -0.154. The van der Waals surface area contributed by atoms with E-state index in [9.17, 15) is 14.3 Å². The summed E-state index contributed by atoms with van der Waals surface area (Å²) in [5.41, 5.74) is 5.37. The number of carbonyl (C=O) groups is 1. The SMILES string of the molecule is CC/C=C\C/C=C\C/C=C\C/C=C\C/C=C\CCCCCCCCCCOCC(COP(=O)(O)OCCN)OC(=O)CCCCCCC/C=C\CCCCCC. The average Bonchev–Trinajstić information content (AvgIpc) is 3.19. The standard InChI is InChI=1S/C47H84NO7P/c1-3-5-7-9-11-13-15-17-18-19-20-21-22-23-24-25-26-27-29-31-33-35-37-39-42-52-44-46(45-54-56(50,51)53-43-41-48)55-47(49)40-38-36-34-32-30-28-16-14-12-10-8-6-4-2/h5,7,11,13-14,16-18,20-21,23-24,46H,3-4,6,8-10,12,15,19,22,25-45,48H2,1-2H3,(H,50,51)/b7-5-,13-11-,16-14-,18-17-,21-20-,24-23-. The summed E-state index contributed by atoms with van der Waals surface area (Å²) in [5, 5.41) is 0. The molecule has 0 saturated carbocycles. The van der Waals surface area contributed by atoms with Gasteiger partial charge in [-0.15, -0.1) is 0 Å². The van der Waals surface area contributed by atoms with Crippen LogP contribution in [-0.4, -0.2) is 49.9 Å². The Hall–Kier alpha value is -2.06. The molecule has 0 bridgehead atoms. The van der Waals surface area contributed by atoms with E-state index < -0.39 is 13.9 Å². The van der Waals surface area contributed by atoms with Crippen LogP contribution in [0.5, 0.6) is 0 Å². The Morgan fingerprint density at radius 3 is 1.52 bits per heavy atom. The van der Waals surface area contributed by atoms with Crippen molar-refractivity contribution in [3.8, 4) is 0 Å². The molecule has 2 atom stereocenters. The summed E-state index contributed by atoms with van der Waals surface area (Å²) < 4.78 is 33.4. The highest BCUT2D eigenvalue weighted by atomic mass is 31.2. The third-order valence-electron chi connectivity index (χ3n) is 9.11. The largest absolute Gasteiger partial charge is 0.472 e. The van der Waals surface area contributed by atoms with E-state index in [0.717, 1.165) is 83.5 Å². The lowest BCUT2D eigenvalue weighted by Crippen LogP contribution is -2.28. The van der Waals surface area contributed by atoms with Crippen molar-refractivity contribution in [3.05, 3.63) is 72.9 Å². The molecule has 0 heterocycles. The molecule has 0 aliphatic heterocycles. The van der Waals surface area contributed by atoms with Crippen LogP contribution in [0.1, 0.15) is 181 Å². The van der Waals surface area contributed by atoms with Gasteiger partial charge in [0.05, 0.1) is 19.8 Å². The minimum absolute atomic E-state index is 0.0943. The second-order valence-electron chi connectivity index (χ2n) is 14.5. The first-order chi connectivity index (χ1) is 27.4. The fourth-order valence-electron chi connectivity index (χ4n) is 5.84. The van der Waals surface area contributed by atoms with Gasteiger partial charge in [-0.3, -0.25) is 13.8 Å². The Balaban J connectivity index is 4.01. The van der Waals surface area contributed by atoms with Crippen LogP contribution in [0.15, 0.2) is 72.9 Å². The Morgan fingerprint density at radius 1 is 0.554 bits per heavy atom. The number of phosphoric acid groups is 1. The highest BCUT2D eigenvalue weighted by Crippen LogP contribution is 2.43. The van der Waals surface area contributed by atoms with Gasteiger partial charge in [0.25, 0.3) is 0 Å². The smallest absolute Gasteiger partial charge is 0.457 e. The number of allylic oxidation sites excluding steroid dienone is 12. The van der Waals surface area contributed by atoms with Crippen LogP contribution in [0, 0.1) is 0 Å². The van der Waals surface area contributed by atoms with Gasteiger partial charge in [-0.05, 0) is 83.5 Å². The van der Waals surface area contributed by atoms with Crippen molar-refractivity contribution in [1.29, 1.82) is 0 Å². The van der Waals surface area contributed by atoms with E-state index >= 15 is 0 Å². The number of phosphoric ester groups is 1. The summed E-state index contributed by atoms with van der Waals surface area (Å²) in [4.78, 5) is 22.5. The topological polar surface area (TPSA) is 117 Å². The third-order valence-corrected chi connectivity index (χ3v) is 10.1. The van der Waals surface area contributed by atoms with Gasteiger partial charge in [0, 0.05) is 19.6 Å². The van der Waals surface area contributed by atoms with Crippen molar-refractivity contribution >= 4 is 13.8 Å². The molecule has 0 amide bonds. The maximum Gasteiger partial charge on any atom is 0.472 e. The van der Waals surface area contributed by atoms with E-state index in [1.54, 1.807) is 0 Å². The van der Waals surface area contributed by atoms with E-state index in [-0.39, 0.29) is 32.3 Å². The number of hydrogen-bond donors (Lipinski definition) is 2. The molecule has 3 N–H and O–H groups in total. The normalized spacial score (nSPS) is 14.1. The predicted octanol–water partition coefficient (Wildman–Crippen LogP) is 13.5. The fraction of sp³-hybridized carbons (Fsp3) is 0.723. The van der Waals surface area contributed by atoms with Gasteiger partial charge >= 0.3 is 13.8 Å². The van der Waals surface area contributed by atoms with E-state index in [1.165, 1.54) is 77.0 Å². The van der Waals surface area contributed by atoms with Crippen LogP contribution in [0.3, 0.4) is 0 Å². The first kappa shape index (κ1) is 53.9. The van der Waals surface area contributed by atoms with Crippen molar-refractivity contribution in [1.82, 2.24) is 0 Å². The Bertz CT molecular complexity index is 1080. The Labute approximate surface area is 344 Å².